The first-order chi connectivity index (χ1) is 7.85. The summed E-state index contributed by atoms with van der Waals surface area (Å²) in [4.78, 5) is 6.57. The number of rotatable bonds is 2. The summed E-state index contributed by atoms with van der Waals surface area (Å²) >= 11 is 0. The third kappa shape index (κ3) is 2.16. The first-order valence-electron chi connectivity index (χ1n) is 5.95. The molecule has 1 aromatic rings. The van der Waals surface area contributed by atoms with Crippen molar-refractivity contribution < 1.29 is 0 Å². The molecule has 3 heteroatoms. The lowest BCUT2D eigenvalue weighted by Crippen LogP contribution is -2.34. The second kappa shape index (κ2) is 4.98. The van der Waals surface area contributed by atoms with Gasteiger partial charge in [-0.25, -0.2) is 4.98 Å². The van der Waals surface area contributed by atoms with Gasteiger partial charge in [-0.3, -0.25) is 0 Å². The lowest BCUT2D eigenvalue weighted by Gasteiger charge is -2.32. The van der Waals surface area contributed by atoms with Crippen molar-refractivity contribution in [3.63, 3.8) is 0 Å². The van der Waals surface area contributed by atoms with Crippen LogP contribution in [0, 0.1) is 17.2 Å². The third-order valence-corrected chi connectivity index (χ3v) is 3.40. The molecule has 16 heavy (non-hydrogen) atoms. The van der Waals surface area contributed by atoms with Crippen molar-refractivity contribution in [1.29, 1.82) is 5.26 Å². The molecular formula is C13H17N3. The Hall–Kier alpha value is -1.56. The van der Waals surface area contributed by atoms with Gasteiger partial charge in [-0.2, -0.15) is 5.26 Å². The molecular weight excluding hydrogens is 198 g/mol. The third-order valence-electron chi connectivity index (χ3n) is 3.40. The van der Waals surface area contributed by atoms with Gasteiger partial charge in [0, 0.05) is 19.3 Å². The van der Waals surface area contributed by atoms with Crippen LogP contribution in [0.15, 0.2) is 18.3 Å². The maximum atomic E-state index is 9.03. The smallest absolute Gasteiger partial charge is 0.146 e. The number of aromatic nitrogens is 1. The zero-order valence-corrected chi connectivity index (χ0v) is 9.69. The predicted molar refractivity (Wildman–Crippen MR) is 64.2 cm³/mol. The highest BCUT2D eigenvalue weighted by Gasteiger charge is 2.20. The predicted octanol–water partition coefficient (Wildman–Crippen LogP) is 2.58. The number of pyridine rings is 1. The van der Waals surface area contributed by atoms with Crippen LogP contribution in [-0.2, 0) is 0 Å². The Kier molecular flexibility index (Phi) is 3.40. The van der Waals surface area contributed by atoms with Crippen molar-refractivity contribution in [2.45, 2.75) is 26.2 Å². The summed E-state index contributed by atoms with van der Waals surface area (Å²) < 4.78 is 0. The van der Waals surface area contributed by atoms with Crippen LogP contribution >= 0.6 is 0 Å². The Morgan fingerprint density at radius 2 is 2.25 bits per heavy atom. The second-order valence-corrected chi connectivity index (χ2v) is 4.33. The van der Waals surface area contributed by atoms with Crippen LogP contribution in [0.25, 0.3) is 0 Å². The van der Waals surface area contributed by atoms with Crippen LogP contribution in [-0.4, -0.2) is 18.1 Å². The van der Waals surface area contributed by atoms with E-state index in [1.165, 1.54) is 19.3 Å². The van der Waals surface area contributed by atoms with Crippen molar-refractivity contribution in [1.82, 2.24) is 4.98 Å². The van der Waals surface area contributed by atoms with Gasteiger partial charge in [0.25, 0.3) is 0 Å². The van der Waals surface area contributed by atoms with E-state index in [4.69, 9.17) is 5.26 Å². The van der Waals surface area contributed by atoms with Crippen molar-refractivity contribution in [3.8, 4) is 6.07 Å². The van der Waals surface area contributed by atoms with Gasteiger partial charge in [-0.05, 0) is 30.9 Å². The van der Waals surface area contributed by atoms with E-state index in [0.29, 0.717) is 5.56 Å². The summed E-state index contributed by atoms with van der Waals surface area (Å²) in [5.74, 6) is 1.71. The monoisotopic (exact) mass is 215 g/mol. The van der Waals surface area contributed by atoms with Crippen LogP contribution in [0.3, 0.4) is 0 Å². The summed E-state index contributed by atoms with van der Waals surface area (Å²) in [5.41, 5.74) is 0.692. The molecule has 0 saturated carbocycles. The van der Waals surface area contributed by atoms with Gasteiger partial charge >= 0.3 is 0 Å². The lowest BCUT2D eigenvalue weighted by molar-refractivity contribution is 0.393. The van der Waals surface area contributed by atoms with Crippen LogP contribution < -0.4 is 4.90 Å². The summed E-state index contributed by atoms with van der Waals surface area (Å²) in [6, 6.07) is 5.88. The summed E-state index contributed by atoms with van der Waals surface area (Å²) in [7, 11) is 0. The number of nitriles is 1. The highest BCUT2D eigenvalue weighted by molar-refractivity contribution is 5.53. The molecule has 1 aromatic heterocycles. The molecule has 0 radical (unpaired) electrons. The quantitative estimate of drug-likeness (QED) is 0.761. The molecule has 0 atom stereocenters. The Labute approximate surface area is 96.7 Å². The van der Waals surface area contributed by atoms with Gasteiger partial charge in [0.2, 0.25) is 0 Å². The fourth-order valence-corrected chi connectivity index (χ4v) is 2.29. The number of hydrogen-bond acceptors (Lipinski definition) is 3. The molecule has 84 valence electrons. The van der Waals surface area contributed by atoms with Crippen LogP contribution in [0.5, 0.6) is 0 Å². The highest BCUT2D eigenvalue weighted by Crippen LogP contribution is 2.25. The van der Waals surface area contributed by atoms with E-state index in [-0.39, 0.29) is 0 Å². The van der Waals surface area contributed by atoms with Crippen molar-refractivity contribution >= 4 is 5.82 Å². The van der Waals surface area contributed by atoms with E-state index < -0.39 is 0 Å². The molecule has 1 saturated heterocycles. The van der Waals surface area contributed by atoms with E-state index in [0.717, 1.165) is 24.8 Å². The molecule has 2 heterocycles. The van der Waals surface area contributed by atoms with Crippen LogP contribution in [0.4, 0.5) is 5.82 Å². The van der Waals surface area contributed by atoms with Crippen molar-refractivity contribution in [3.05, 3.63) is 23.9 Å². The first-order valence-corrected chi connectivity index (χ1v) is 5.95. The summed E-state index contributed by atoms with van der Waals surface area (Å²) in [6.45, 7) is 4.32. The van der Waals surface area contributed by atoms with Gasteiger partial charge < -0.3 is 4.90 Å². The number of nitrogens with zero attached hydrogens (tertiary/aromatic N) is 3. The minimum absolute atomic E-state index is 0.692. The van der Waals surface area contributed by atoms with E-state index in [1.807, 2.05) is 12.1 Å². The average Bonchev–Trinajstić information content (AvgIpc) is 2.39. The standard InChI is InChI=1S/C13H17N3/c1-2-11-5-8-16(9-6-11)13-12(10-14)4-3-7-15-13/h3-4,7,11H,2,5-6,8-9H2,1H3. The topological polar surface area (TPSA) is 39.9 Å². The molecule has 1 fully saturated rings. The minimum Gasteiger partial charge on any atom is -0.356 e. The number of piperidine rings is 1. The first kappa shape index (κ1) is 10.9. The minimum atomic E-state index is 0.692. The molecule has 3 nitrogen and oxygen atoms in total. The Bertz CT molecular complexity index is 386. The Morgan fingerprint density at radius 1 is 1.50 bits per heavy atom. The fourth-order valence-electron chi connectivity index (χ4n) is 2.29. The van der Waals surface area contributed by atoms with Gasteiger partial charge in [0.1, 0.15) is 11.9 Å². The molecule has 0 spiro atoms. The second-order valence-electron chi connectivity index (χ2n) is 4.33. The molecule has 0 N–H and O–H groups in total. The maximum Gasteiger partial charge on any atom is 0.146 e. The SMILES string of the molecule is CCC1CCN(c2ncccc2C#N)CC1. The van der Waals surface area contributed by atoms with E-state index in [2.05, 4.69) is 22.9 Å². The zero-order valence-electron chi connectivity index (χ0n) is 9.69. The lowest BCUT2D eigenvalue weighted by atomic mass is 9.94. The average molecular weight is 215 g/mol. The van der Waals surface area contributed by atoms with E-state index >= 15 is 0 Å². The summed E-state index contributed by atoms with van der Waals surface area (Å²) in [6.07, 6.45) is 5.47. The molecule has 1 aliphatic heterocycles. The zero-order chi connectivity index (χ0) is 11.4. The molecule has 2 rings (SSSR count). The molecule has 0 aliphatic carbocycles. The molecule has 0 bridgehead atoms. The highest BCUT2D eigenvalue weighted by atomic mass is 15.2. The maximum absolute atomic E-state index is 9.03. The number of hydrogen-bond donors (Lipinski definition) is 0. The van der Waals surface area contributed by atoms with Gasteiger partial charge in [0.15, 0.2) is 0 Å². The molecule has 0 aromatic carbocycles. The normalized spacial score (nSPS) is 17.1. The van der Waals surface area contributed by atoms with Crippen molar-refractivity contribution in [2.75, 3.05) is 18.0 Å². The molecule has 1 aliphatic rings. The van der Waals surface area contributed by atoms with Gasteiger partial charge in [-0.15, -0.1) is 0 Å². The largest absolute Gasteiger partial charge is 0.356 e. The summed E-state index contributed by atoms with van der Waals surface area (Å²) in [5, 5.41) is 9.03. The molecule has 0 amide bonds. The van der Waals surface area contributed by atoms with E-state index in [9.17, 15) is 0 Å². The van der Waals surface area contributed by atoms with Crippen LogP contribution in [0.1, 0.15) is 31.7 Å². The Morgan fingerprint density at radius 3 is 2.88 bits per heavy atom. The number of anilines is 1. The Balaban J connectivity index is 2.11. The van der Waals surface area contributed by atoms with Crippen molar-refractivity contribution in [2.24, 2.45) is 5.92 Å². The van der Waals surface area contributed by atoms with E-state index in [1.54, 1.807) is 6.20 Å². The van der Waals surface area contributed by atoms with Gasteiger partial charge in [0.05, 0.1) is 5.56 Å². The van der Waals surface area contributed by atoms with Crippen LogP contribution in [0.2, 0.25) is 0 Å². The molecule has 0 unspecified atom stereocenters. The fraction of sp³-hybridized carbons (Fsp3) is 0.538. The van der Waals surface area contributed by atoms with Gasteiger partial charge in [-0.1, -0.05) is 13.3 Å².